The molecule has 1 fully saturated rings. The highest BCUT2D eigenvalue weighted by atomic mass is 32.2. The van der Waals surface area contributed by atoms with E-state index < -0.39 is 9.84 Å². The molecule has 120 valence electrons. The van der Waals surface area contributed by atoms with Gasteiger partial charge in [-0.05, 0) is 19.8 Å². The van der Waals surface area contributed by atoms with Crippen LogP contribution in [0.3, 0.4) is 0 Å². The van der Waals surface area contributed by atoms with E-state index in [1.807, 2.05) is 6.92 Å². The average molecular weight is 304 g/mol. The van der Waals surface area contributed by atoms with E-state index in [2.05, 4.69) is 5.32 Å². The zero-order valence-corrected chi connectivity index (χ0v) is 14.2. The Kier molecular flexibility index (Phi) is 8.78. The van der Waals surface area contributed by atoms with Crippen molar-refractivity contribution in [3.05, 3.63) is 0 Å². The van der Waals surface area contributed by atoms with E-state index in [9.17, 15) is 8.42 Å². The molecule has 0 bridgehead atoms. The Labute approximate surface area is 125 Å². The molecule has 1 atom stereocenters. The Morgan fingerprint density at radius 1 is 0.900 bits per heavy atom. The third-order valence-corrected chi connectivity index (χ3v) is 5.28. The van der Waals surface area contributed by atoms with E-state index in [1.54, 1.807) is 0 Å². The largest absolute Gasteiger partial charge is 0.310 e. The molecule has 0 aromatic rings. The number of sulfone groups is 1. The lowest BCUT2D eigenvalue weighted by molar-refractivity contribution is 0.380. The minimum atomic E-state index is -2.88. The molecule has 1 aliphatic rings. The lowest BCUT2D eigenvalue weighted by atomic mass is 9.97. The fourth-order valence-corrected chi connectivity index (χ4v) is 4.24. The zero-order chi connectivity index (χ0) is 14.8. The topological polar surface area (TPSA) is 46.2 Å². The minimum Gasteiger partial charge on any atom is -0.310 e. The molecule has 3 nitrogen and oxygen atoms in total. The van der Waals surface area contributed by atoms with Gasteiger partial charge in [-0.25, -0.2) is 8.42 Å². The van der Waals surface area contributed by atoms with E-state index in [0.29, 0.717) is 6.04 Å². The van der Waals surface area contributed by atoms with Gasteiger partial charge in [0.05, 0.1) is 5.75 Å². The van der Waals surface area contributed by atoms with Crippen LogP contribution < -0.4 is 5.32 Å². The molecule has 1 rings (SSSR count). The molecule has 0 radical (unpaired) electrons. The standard InChI is InChI=1S/C16H33NO2S/c1-15(14-20(2,18)19)17-16-12-10-8-6-4-3-5-7-9-11-13-16/h15-17H,3-14H2,1-2H3. The fourth-order valence-electron chi connectivity index (χ4n) is 3.23. The Morgan fingerprint density at radius 2 is 1.30 bits per heavy atom. The second-order valence-corrected chi connectivity index (χ2v) is 8.80. The first kappa shape index (κ1) is 18.0. The summed E-state index contributed by atoms with van der Waals surface area (Å²) in [5.74, 6) is 0.253. The van der Waals surface area contributed by atoms with Crippen molar-refractivity contribution in [3.8, 4) is 0 Å². The molecule has 0 amide bonds. The summed E-state index contributed by atoms with van der Waals surface area (Å²) in [5, 5.41) is 3.55. The number of hydrogen-bond donors (Lipinski definition) is 1. The zero-order valence-electron chi connectivity index (χ0n) is 13.4. The van der Waals surface area contributed by atoms with Gasteiger partial charge in [0.25, 0.3) is 0 Å². The quantitative estimate of drug-likeness (QED) is 0.861. The van der Waals surface area contributed by atoms with Gasteiger partial charge in [-0.2, -0.15) is 0 Å². The summed E-state index contributed by atoms with van der Waals surface area (Å²) in [7, 11) is -2.88. The highest BCUT2D eigenvalue weighted by molar-refractivity contribution is 7.90. The molecule has 0 spiro atoms. The first-order chi connectivity index (χ1) is 9.47. The molecular formula is C16H33NO2S. The van der Waals surface area contributed by atoms with Crippen molar-refractivity contribution < 1.29 is 8.42 Å². The van der Waals surface area contributed by atoms with E-state index in [1.165, 1.54) is 76.9 Å². The van der Waals surface area contributed by atoms with Crippen molar-refractivity contribution in [2.24, 2.45) is 0 Å². The van der Waals surface area contributed by atoms with E-state index >= 15 is 0 Å². The van der Waals surface area contributed by atoms with Gasteiger partial charge in [-0.3, -0.25) is 0 Å². The molecule has 20 heavy (non-hydrogen) atoms. The fraction of sp³-hybridized carbons (Fsp3) is 1.00. The average Bonchev–Trinajstić information content (AvgIpc) is 2.30. The molecule has 1 saturated carbocycles. The second kappa shape index (κ2) is 9.78. The van der Waals surface area contributed by atoms with Gasteiger partial charge in [-0.15, -0.1) is 0 Å². The maximum absolute atomic E-state index is 11.4. The summed E-state index contributed by atoms with van der Waals surface area (Å²) in [6.45, 7) is 2.00. The molecule has 0 aromatic carbocycles. The van der Waals surface area contributed by atoms with Crippen LogP contribution in [0.15, 0.2) is 0 Å². The van der Waals surface area contributed by atoms with Crippen LogP contribution in [0.1, 0.15) is 77.6 Å². The predicted molar refractivity (Wildman–Crippen MR) is 86.9 cm³/mol. The van der Waals surface area contributed by atoms with Gasteiger partial charge in [-0.1, -0.05) is 57.8 Å². The molecule has 4 heteroatoms. The van der Waals surface area contributed by atoms with Crippen molar-refractivity contribution in [2.75, 3.05) is 12.0 Å². The van der Waals surface area contributed by atoms with E-state index in [4.69, 9.17) is 0 Å². The molecule has 1 N–H and O–H groups in total. The van der Waals surface area contributed by atoms with Crippen molar-refractivity contribution >= 4 is 9.84 Å². The van der Waals surface area contributed by atoms with Crippen molar-refractivity contribution in [1.82, 2.24) is 5.32 Å². The van der Waals surface area contributed by atoms with Gasteiger partial charge in [0.15, 0.2) is 0 Å². The summed E-state index contributed by atoms with van der Waals surface area (Å²) in [6, 6.07) is 0.578. The summed E-state index contributed by atoms with van der Waals surface area (Å²) in [4.78, 5) is 0. The highest BCUT2D eigenvalue weighted by Gasteiger charge is 2.15. The van der Waals surface area contributed by atoms with Gasteiger partial charge < -0.3 is 5.32 Å². The highest BCUT2D eigenvalue weighted by Crippen LogP contribution is 2.17. The third kappa shape index (κ3) is 9.76. The summed E-state index contributed by atoms with van der Waals surface area (Å²) >= 11 is 0. The van der Waals surface area contributed by atoms with Crippen LogP contribution in [-0.4, -0.2) is 32.5 Å². The van der Waals surface area contributed by atoms with Gasteiger partial charge >= 0.3 is 0 Å². The smallest absolute Gasteiger partial charge is 0.148 e. The lowest BCUT2D eigenvalue weighted by Gasteiger charge is -2.23. The molecule has 0 heterocycles. The van der Waals surface area contributed by atoms with Crippen molar-refractivity contribution in [1.29, 1.82) is 0 Å². The normalized spacial score (nSPS) is 22.7. The number of rotatable bonds is 4. The van der Waals surface area contributed by atoms with Crippen LogP contribution in [0.5, 0.6) is 0 Å². The van der Waals surface area contributed by atoms with Crippen LogP contribution in [0.4, 0.5) is 0 Å². The van der Waals surface area contributed by atoms with Crippen molar-refractivity contribution in [2.45, 2.75) is 89.6 Å². The Hall–Kier alpha value is -0.0900. The van der Waals surface area contributed by atoms with Gasteiger partial charge in [0.1, 0.15) is 9.84 Å². The summed E-state index contributed by atoms with van der Waals surface area (Å²) in [6.07, 6.45) is 15.9. The molecule has 0 aromatic heterocycles. The first-order valence-electron chi connectivity index (χ1n) is 8.41. The monoisotopic (exact) mass is 303 g/mol. The van der Waals surface area contributed by atoms with Crippen LogP contribution in [0.2, 0.25) is 0 Å². The molecule has 0 saturated heterocycles. The summed E-state index contributed by atoms with van der Waals surface area (Å²) < 4.78 is 22.7. The predicted octanol–water partition coefficient (Wildman–Crippen LogP) is 3.68. The third-order valence-electron chi connectivity index (χ3n) is 4.18. The maximum Gasteiger partial charge on any atom is 0.148 e. The minimum absolute atomic E-state index is 0.0721. The van der Waals surface area contributed by atoms with Crippen LogP contribution >= 0.6 is 0 Å². The van der Waals surface area contributed by atoms with E-state index in [-0.39, 0.29) is 11.8 Å². The van der Waals surface area contributed by atoms with E-state index in [0.717, 1.165) is 0 Å². The SMILES string of the molecule is CC(CS(C)(=O)=O)NC1CCCCCCCCCCC1. The second-order valence-electron chi connectivity index (χ2n) is 6.62. The Bertz CT molecular complexity index is 328. The van der Waals surface area contributed by atoms with Gasteiger partial charge in [0, 0.05) is 18.3 Å². The molecule has 0 aliphatic heterocycles. The number of nitrogens with one attached hydrogen (secondary N) is 1. The Balaban J connectivity index is 2.37. The lowest BCUT2D eigenvalue weighted by Crippen LogP contribution is -2.40. The first-order valence-corrected chi connectivity index (χ1v) is 10.5. The van der Waals surface area contributed by atoms with Crippen LogP contribution in [-0.2, 0) is 9.84 Å². The van der Waals surface area contributed by atoms with Gasteiger partial charge in [0.2, 0.25) is 0 Å². The van der Waals surface area contributed by atoms with Crippen LogP contribution in [0, 0.1) is 0 Å². The summed E-state index contributed by atoms with van der Waals surface area (Å²) in [5.41, 5.74) is 0. The Morgan fingerprint density at radius 3 is 1.70 bits per heavy atom. The van der Waals surface area contributed by atoms with Crippen molar-refractivity contribution in [3.63, 3.8) is 0 Å². The molecule has 1 unspecified atom stereocenters. The van der Waals surface area contributed by atoms with Crippen LogP contribution in [0.25, 0.3) is 0 Å². The molecule has 1 aliphatic carbocycles. The molecular weight excluding hydrogens is 270 g/mol. The number of hydrogen-bond acceptors (Lipinski definition) is 3. The maximum atomic E-state index is 11.4.